The Morgan fingerprint density at radius 3 is 2.78 bits per heavy atom. The highest BCUT2D eigenvalue weighted by Crippen LogP contribution is 2.36. The first-order chi connectivity index (χ1) is 15.7. The number of aromatic nitrogens is 5. The lowest BCUT2D eigenvalue weighted by Crippen LogP contribution is -2.23. The highest BCUT2D eigenvalue weighted by Gasteiger charge is 2.21. The minimum atomic E-state index is 0.343. The third kappa shape index (κ3) is 3.69. The van der Waals surface area contributed by atoms with Gasteiger partial charge >= 0.3 is 0 Å². The monoisotopic (exact) mass is 434 g/mol. The summed E-state index contributed by atoms with van der Waals surface area (Å²) in [6.45, 7) is 3.15. The maximum Gasteiger partial charge on any atom is 0.285 e. The highest BCUT2D eigenvalue weighted by molar-refractivity contribution is 5.88. The first-order valence-corrected chi connectivity index (χ1v) is 10.9. The fourth-order valence-corrected chi connectivity index (χ4v) is 4.29. The van der Waals surface area contributed by atoms with Crippen molar-refractivity contribution in [3.8, 4) is 34.5 Å². The Kier molecular flexibility index (Phi) is 5.48. The number of benzene rings is 1. The number of ether oxygens (including phenoxy) is 2. The number of nitrogens with one attached hydrogen (secondary N) is 2. The van der Waals surface area contributed by atoms with Crippen LogP contribution in [0.3, 0.4) is 0 Å². The van der Waals surface area contributed by atoms with Crippen LogP contribution in [-0.4, -0.2) is 52.0 Å². The smallest absolute Gasteiger partial charge is 0.285 e. The van der Waals surface area contributed by atoms with E-state index < -0.39 is 0 Å². The second-order valence-corrected chi connectivity index (χ2v) is 7.86. The van der Waals surface area contributed by atoms with E-state index in [9.17, 15) is 0 Å². The highest BCUT2D eigenvalue weighted by atomic mass is 16.5. The van der Waals surface area contributed by atoms with Gasteiger partial charge in [0.25, 0.3) is 5.89 Å². The maximum atomic E-state index is 5.87. The van der Waals surface area contributed by atoms with Gasteiger partial charge in [0, 0.05) is 23.6 Å². The topological polar surface area (TPSA) is 111 Å². The lowest BCUT2D eigenvalue weighted by Gasteiger charge is -2.09. The summed E-state index contributed by atoms with van der Waals surface area (Å²) in [5.74, 6) is 2.75. The molecule has 0 aliphatic carbocycles. The van der Waals surface area contributed by atoms with Gasteiger partial charge in [0.05, 0.1) is 37.1 Å². The predicted molar refractivity (Wildman–Crippen MR) is 120 cm³/mol. The summed E-state index contributed by atoms with van der Waals surface area (Å²) >= 11 is 0. The van der Waals surface area contributed by atoms with E-state index in [0.717, 1.165) is 53.7 Å². The van der Waals surface area contributed by atoms with Gasteiger partial charge in [0.15, 0.2) is 11.5 Å². The van der Waals surface area contributed by atoms with E-state index in [1.165, 1.54) is 6.42 Å². The van der Waals surface area contributed by atoms with Gasteiger partial charge < -0.3 is 24.2 Å². The van der Waals surface area contributed by atoms with Crippen LogP contribution in [0.2, 0.25) is 0 Å². The van der Waals surface area contributed by atoms with Crippen LogP contribution in [0.1, 0.15) is 31.2 Å². The van der Waals surface area contributed by atoms with E-state index in [1.807, 2.05) is 18.2 Å². The van der Waals surface area contributed by atoms with E-state index in [-0.39, 0.29) is 0 Å². The van der Waals surface area contributed by atoms with Crippen molar-refractivity contribution in [2.75, 3.05) is 20.8 Å². The molecule has 4 aromatic rings. The number of hydrogen-bond acceptors (Lipinski definition) is 8. The molecule has 1 atom stereocenters. The van der Waals surface area contributed by atoms with Crippen LogP contribution < -0.4 is 14.8 Å². The Bertz CT molecular complexity index is 1240. The molecule has 2 N–H and O–H groups in total. The quantitative estimate of drug-likeness (QED) is 0.454. The standard InChI is InChI=1S/C23H26N6O3/c1-4-15-20(13-7-8-17(30-2)18(10-13)31-3)26-16-12-25-22(27-21(15)16)23-29-28-19(32-23)11-14-6-5-9-24-14/h7-8,10,12,14,24,26H,4-6,9,11H2,1-3H3/t14-/m0/s1. The van der Waals surface area contributed by atoms with Gasteiger partial charge in [-0.05, 0) is 44.0 Å². The molecule has 166 valence electrons. The van der Waals surface area contributed by atoms with Gasteiger partial charge in [-0.25, -0.2) is 9.97 Å². The SMILES string of the molecule is CCc1c(-c2ccc(OC)c(OC)c2)[nH]c2cnc(-c3nnc(C[C@@H]4CCCN4)o3)nc12. The molecule has 1 aromatic carbocycles. The normalized spacial score (nSPS) is 16.0. The summed E-state index contributed by atoms with van der Waals surface area (Å²) < 4.78 is 16.7. The fourth-order valence-electron chi connectivity index (χ4n) is 4.29. The number of fused-ring (bicyclic) bond motifs is 1. The van der Waals surface area contributed by atoms with Crippen molar-refractivity contribution in [1.82, 2.24) is 30.5 Å². The summed E-state index contributed by atoms with van der Waals surface area (Å²) in [5.41, 5.74) is 4.76. The van der Waals surface area contributed by atoms with Crippen LogP contribution in [0, 0.1) is 0 Å². The molecule has 0 amide bonds. The van der Waals surface area contributed by atoms with Crippen LogP contribution >= 0.6 is 0 Å². The molecule has 0 radical (unpaired) electrons. The third-order valence-corrected chi connectivity index (χ3v) is 5.90. The molecule has 4 heterocycles. The van der Waals surface area contributed by atoms with Crippen molar-refractivity contribution in [2.24, 2.45) is 0 Å². The van der Waals surface area contributed by atoms with Crippen molar-refractivity contribution in [2.45, 2.75) is 38.6 Å². The summed E-state index contributed by atoms with van der Waals surface area (Å²) in [6.07, 6.45) is 5.60. The van der Waals surface area contributed by atoms with Gasteiger partial charge in [-0.2, -0.15) is 0 Å². The summed E-state index contributed by atoms with van der Waals surface area (Å²) in [4.78, 5) is 12.7. The van der Waals surface area contributed by atoms with Gasteiger partial charge in [-0.15, -0.1) is 10.2 Å². The minimum Gasteiger partial charge on any atom is -0.493 e. The molecule has 1 aliphatic rings. The van der Waals surface area contributed by atoms with Crippen molar-refractivity contribution in [1.29, 1.82) is 0 Å². The molecule has 1 fully saturated rings. The lowest BCUT2D eigenvalue weighted by atomic mass is 10.0. The largest absolute Gasteiger partial charge is 0.493 e. The average Bonchev–Trinajstić information content (AvgIpc) is 3.58. The first kappa shape index (κ1) is 20.4. The Morgan fingerprint density at radius 1 is 1.16 bits per heavy atom. The zero-order valence-electron chi connectivity index (χ0n) is 18.4. The zero-order chi connectivity index (χ0) is 22.1. The summed E-state index contributed by atoms with van der Waals surface area (Å²) in [5, 5.41) is 11.8. The Hall–Kier alpha value is -3.46. The number of aryl methyl sites for hydroxylation is 1. The minimum absolute atomic E-state index is 0.343. The third-order valence-electron chi connectivity index (χ3n) is 5.90. The number of methoxy groups -OCH3 is 2. The van der Waals surface area contributed by atoms with Gasteiger partial charge in [-0.1, -0.05) is 6.92 Å². The molecule has 32 heavy (non-hydrogen) atoms. The number of nitrogens with zero attached hydrogens (tertiary/aromatic N) is 4. The van der Waals surface area contributed by atoms with Crippen LogP contribution in [0.15, 0.2) is 28.8 Å². The van der Waals surface area contributed by atoms with Crippen LogP contribution in [0.5, 0.6) is 11.5 Å². The molecule has 1 aliphatic heterocycles. The predicted octanol–water partition coefficient (Wildman–Crippen LogP) is 3.55. The molecular formula is C23H26N6O3. The second kappa shape index (κ2) is 8.58. The van der Waals surface area contributed by atoms with Crippen molar-refractivity contribution < 1.29 is 13.9 Å². The zero-order valence-corrected chi connectivity index (χ0v) is 18.4. The van der Waals surface area contributed by atoms with E-state index in [4.69, 9.17) is 18.9 Å². The van der Waals surface area contributed by atoms with E-state index in [2.05, 4.69) is 32.4 Å². The molecule has 5 rings (SSSR count). The van der Waals surface area contributed by atoms with Gasteiger partial charge in [-0.3, -0.25) is 0 Å². The summed E-state index contributed by atoms with van der Waals surface area (Å²) in [6, 6.07) is 6.25. The molecule has 0 unspecified atom stereocenters. The molecule has 1 saturated heterocycles. The van der Waals surface area contributed by atoms with E-state index in [0.29, 0.717) is 35.1 Å². The Labute approximate surface area is 185 Å². The molecular weight excluding hydrogens is 408 g/mol. The van der Waals surface area contributed by atoms with E-state index >= 15 is 0 Å². The van der Waals surface area contributed by atoms with Gasteiger partial charge in [0.1, 0.15) is 0 Å². The number of aromatic amines is 1. The Balaban J connectivity index is 1.50. The van der Waals surface area contributed by atoms with Crippen LogP contribution in [0.4, 0.5) is 0 Å². The van der Waals surface area contributed by atoms with Crippen LogP contribution in [0.25, 0.3) is 34.0 Å². The van der Waals surface area contributed by atoms with Crippen molar-refractivity contribution >= 4 is 11.0 Å². The van der Waals surface area contributed by atoms with Gasteiger partial charge in [0.2, 0.25) is 11.7 Å². The molecule has 0 saturated carbocycles. The molecule has 0 bridgehead atoms. The average molecular weight is 435 g/mol. The van der Waals surface area contributed by atoms with Crippen molar-refractivity contribution in [3.63, 3.8) is 0 Å². The van der Waals surface area contributed by atoms with E-state index in [1.54, 1.807) is 20.4 Å². The molecule has 9 heteroatoms. The summed E-state index contributed by atoms with van der Waals surface area (Å²) in [7, 11) is 3.26. The lowest BCUT2D eigenvalue weighted by molar-refractivity contribution is 0.355. The number of H-pyrrole nitrogens is 1. The number of rotatable bonds is 7. The van der Waals surface area contributed by atoms with Crippen LogP contribution in [-0.2, 0) is 12.8 Å². The molecule has 0 spiro atoms. The second-order valence-electron chi connectivity index (χ2n) is 7.86. The Morgan fingerprint density at radius 2 is 2.03 bits per heavy atom. The molecule has 9 nitrogen and oxygen atoms in total. The maximum absolute atomic E-state index is 5.87. The first-order valence-electron chi connectivity index (χ1n) is 10.9. The molecule has 3 aromatic heterocycles. The fraction of sp³-hybridized carbons (Fsp3) is 0.391. The van der Waals surface area contributed by atoms with Crippen molar-refractivity contribution in [3.05, 3.63) is 35.9 Å². The number of hydrogen-bond donors (Lipinski definition) is 2.